The van der Waals surface area contributed by atoms with Crippen LogP contribution in [0.2, 0.25) is 0 Å². The Kier molecular flexibility index (Phi) is 6.38. The van der Waals surface area contributed by atoms with Gasteiger partial charge in [-0.25, -0.2) is 9.59 Å². The minimum atomic E-state index is -0.656. The monoisotopic (exact) mass is 354 g/mol. The van der Waals surface area contributed by atoms with E-state index < -0.39 is 24.3 Å². The van der Waals surface area contributed by atoms with Gasteiger partial charge in [-0.2, -0.15) is 0 Å². The average Bonchev–Trinajstić information content (AvgIpc) is 2.66. The Bertz CT molecular complexity index is 818. The van der Waals surface area contributed by atoms with Crippen molar-refractivity contribution in [3.8, 4) is 0 Å². The zero-order valence-electron chi connectivity index (χ0n) is 14.5. The Morgan fingerprint density at radius 2 is 1.12 bits per heavy atom. The molecule has 6 nitrogen and oxygen atoms in total. The summed E-state index contributed by atoms with van der Waals surface area (Å²) < 4.78 is 9.86. The second-order valence-electron chi connectivity index (χ2n) is 5.43. The van der Waals surface area contributed by atoms with Gasteiger partial charge in [0.05, 0.1) is 17.7 Å². The molecule has 2 aromatic rings. The van der Waals surface area contributed by atoms with Crippen molar-refractivity contribution in [3.05, 3.63) is 70.8 Å². The molecular formula is C20H18O6. The van der Waals surface area contributed by atoms with Crippen LogP contribution in [0.25, 0.3) is 0 Å². The van der Waals surface area contributed by atoms with Crippen LogP contribution < -0.4 is 0 Å². The van der Waals surface area contributed by atoms with Crippen molar-refractivity contribution in [1.82, 2.24) is 0 Å². The number of benzene rings is 2. The van der Waals surface area contributed by atoms with Crippen LogP contribution in [-0.4, -0.2) is 36.7 Å². The van der Waals surface area contributed by atoms with E-state index in [1.807, 2.05) is 0 Å². The number of ether oxygens (including phenoxy) is 2. The maximum Gasteiger partial charge on any atom is 0.338 e. The number of hydrogen-bond acceptors (Lipinski definition) is 6. The van der Waals surface area contributed by atoms with Crippen LogP contribution in [0.3, 0.4) is 0 Å². The molecule has 0 heterocycles. The minimum Gasteiger partial charge on any atom is -0.462 e. The summed E-state index contributed by atoms with van der Waals surface area (Å²) in [6.07, 6.45) is 0. The van der Waals surface area contributed by atoms with Gasteiger partial charge in [-0.1, -0.05) is 24.3 Å². The van der Waals surface area contributed by atoms with Gasteiger partial charge in [0.2, 0.25) is 0 Å². The number of rotatable bonds is 7. The molecular weight excluding hydrogens is 336 g/mol. The number of hydrogen-bond donors (Lipinski definition) is 0. The number of carbonyl (C=O) groups excluding carboxylic acids is 4. The highest BCUT2D eigenvalue weighted by Crippen LogP contribution is 2.09. The van der Waals surface area contributed by atoms with E-state index in [0.717, 1.165) is 0 Å². The van der Waals surface area contributed by atoms with Crippen LogP contribution in [0.5, 0.6) is 0 Å². The summed E-state index contributed by atoms with van der Waals surface area (Å²) >= 11 is 0. The highest BCUT2D eigenvalue weighted by atomic mass is 16.5. The van der Waals surface area contributed by atoms with Crippen LogP contribution in [0.1, 0.15) is 55.3 Å². The second-order valence-corrected chi connectivity index (χ2v) is 5.43. The summed E-state index contributed by atoms with van der Waals surface area (Å²) in [4.78, 5) is 46.8. The summed E-state index contributed by atoms with van der Waals surface area (Å²) in [7, 11) is 0. The lowest BCUT2D eigenvalue weighted by molar-refractivity contribution is 0.0474. The Labute approximate surface area is 150 Å². The lowest BCUT2D eigenvalue weighted by Gasteiger charge is -2.06. The van der Waals surface area contributed by atoms with Crippen molar-refractivity contribution in [2.24, 2.45) is 0 Å². The Morgan fingerprint density at radius 1 is 0.692 bits per heavy atom. The molecule has 134 valence electrons. The van der Waals surface area contributed by atoms with Crippen molar-refractivity contribution < 1.29 is 28.7 Å². The molecule has 0 radical (unpaired) electrons. The third kappa shape index (κ3) is 4.86. The molecule has 6 heteroatoms. The first-order valence-corrected chi connectivity index (χ1v) is 8.01. The normalized spacial score (nSPS) is 10.1. The van der Waals surface area contributed by atoms with Gasteiger partial charge >= 0.3 is 11.9 Å². The van der Waals surface area contributed by atoms with Gasteiger partial charge in [0.15, 0.2) is 18.2 Å². The van der Waals surface area contributed by atoms with Crippen LogP contribution in [0, 0.1) is 0 Å². The lowest BCUT2D eigenvalue weighted by Crippen LogP contribution is -2.14. The van der Waals surface area contributed by atoms with E-state index in [9.17, 15) is 19.2 Å². The summed E-state index contributed by atoms with van der Waals surface area (Å²) in [6.45, 7) is 2.98. The maximum absolute atomic E-state index is 12.1. The highest BCUT2D eigenvalue weighted by molar-refractivity contribution is 6.00. The molecule has 0 aliphatic heterocycles. The largest absolute Gasteiger partial charge is 0.462 e. The molecule has 0 spiro atoms. The van der Waals surface area contributed by atoms with Crippen LogP contribution in [0.15, 0.2) is 48.5 Å². The second kappa shape index (κ2) is 8.71. The summed E-state index contributed by atoms with van der Waals surface area (Å²) in [5.74, 6) is -1.62. The van der Waals surface area contributed by atoms with Crippen molar-refractivity contribution in [2.75, 3.05) is 13.2 Å². The zero-order valence-corrected chi connectivity index (χ0v) is 14.5. The molecule has 0 atom stereocenters. The predicted molar refractivity (Wildman–Crippen MR) is 93.5 cm³/mol. The predicted octanol–water partition coefficient (Wildman–Crippen LogP) is 3.11. The maximum atomic E-state index is 12.1. The van der Waals surface area contributed by atoms with Gasteiger partial charge in [-0.3, -0.25) is 9.59 Å². The van der Waals surface area contributed by atoms with Gasteiger partial charge in [-0.15, -0.1) is 0 Å². The Morgan fingerprint density at radius 3 is 1.58 bits per heavy atom. The third-order valence-corrected chi connectivity index (χ3v) is 3.58. The van der Waals surface area contributed by atoms with Gasteiger partial charge in [0, 0.05) is 11.1 Å². The van der Waals surface area contributed by atoms with Gasteiger partial charge in [-0.05, 0) is 38.1 Å². The van der Waals surface area contributed by atoms with E-state index in [1.165, 1.54) is 55.5 Å². The van der Waals surface area contributed by atoms with E-state index in [2.05, 4.69) is 0 Å². The number of esters is 2. The zero-order chi connectivity index (χ0) is 19.1. The fraction of sp³-hybridized carbons (Fsp3) is 0.200. The van der Waals surface area contributed by atoms with Gasteiger partial charge in [0.1, 0.15) is 0 Å². The molecule has 0 bridgehead atoms. The van der Waals surface area contributed by atoms with E-state index in [4.69, 9.17) is 9.47 Å². The average molecular weight is 354 g/mol. The quantitative estimate of drug-likeness (QED) is 0.561. The number of Topliss-reactive ketones (excluding diaryl/α,β-unsaturated/α-hetero) is 2. The molecule has 2 rings (SSSR count). The van der Waals surface area contributed by atoms with E-state index >= 15 is 0 Å². The van der Waals surface area contributed by atoms with E-state index in [1.54, 1.807) is 6.92 Å². The van der Waals surface area contributed by atoms with Crippen molar-refractivity contribution in [1.29, 1.82) is 0 Å². The first-order chi connectivity index (χ1) is 12.4. The van der Waals surface area contributed by atoms with Crippen LogP contribution >= 0.6 is 0 Å². The Balaban J connectivity index is 1.94. The summed E-state index contributed by atoms with van der Waals surface area (Å²) in [6, 6.07) is 11.9. The SMILES string of the molecule is CCOC(=O)c1ccc(C(=O)COC(=O)c2ccc(C(C)=O)cc2)cc1. The summed E-state index contributed by atoms with van der Waals surface area (Å²) in [5.41, 5.74) is 1.39. The van der Waals surface area contributed by atoms with Crippen LogP contribution in [-0.2, 0) is 9.47 Å². The fourth-order valence-corrected chi connectivity index (χ4v) is 2.15. The molecule has 0 unspecified atom stereocenters. The van der Waals surface area contributed by atoms with Crippen LogP contribution in [0.4, 0.5) is 0 Å². The Hall–Kier alpha value is -3.28. The molecule has 26 heavy (non-hydrogen) atoms. The van der Waals surface area contributed by atoms with Gasteiger partial charge in [0.25, 0.3) is 0 Å². The smallest absolute Gasteiger partial charge is 0.338 e. The van der Waals surface area contributed by atoms with Crippen molar-refractivity contribution in [3.63, 3.8) is 0 Å². The molecule has 0 aliphatic rings. The standard InChI is InChI=1S/C20H18O6/c1-3-25-19(23)16-10-6-15(7-11-16)18(22)12-26-20(24)17-8-4-14(5-9-17)13(2)21/h4-11H,3,12H2,1-2H3. The molecule has 0 aromatic heterocycles. The fourth-order valence-electron chi connectivity index (χ4n) is 2.15. The van der Waals surface area contributed by atoms with Crippen molar-refractivity contribution in [2.45, 2.75) is 13.8 Å². The molecule has 0 N–H and O–H groups in total. The molecule has 0 saturated heterocycles. The summed E-state index contributed by atoms with van der Waals surface area (Å²) in [5, 5.41) is 0. The third-order valence-electron chi connectivity index (χ3n) is 3.58. The number of ketones is 2. The molecule has 0 aliphatic carbocycles. The minimum absolute atomic E-state index is 0.105. The first kappa shape index (κ1) is 19.1. The number of carbonyl (C=O) groups is 4. The first-order valence-electron chi connectivity index (χ1n) is 8.01. The van der Waals surface area contributed by atoms with E-state index in [0.29, 0.717) is 16.7 Å². The van der Waals surface area contributed by atoms with Crippen molar-refractivity contribution >= 4 is 23.5 Å². The van der Waals surface area contributed by atoms with Gasteiger partial charge < -0.3 is 9.47 Å². The topological polar surface area (TPSA) is 86.7 Å². The molecule has 0 amide bonds. The lowest BCUT2D eigenvalue weighted by atomic mass is 10.1. The van der Waals surface area contributed by atoms with E-state index in [-0.39, 0.29) is 18.0 Å². The molecule has 2 aromatic carbocycles. The highest BCUT2D eigenvalue weighted by Gasteiger charge is 2.13. The molecule has 0 fully saturated rings. The molecule has 0 saturated carbocycles.